The van der Waals surface area contributed by atoms with Gasteiger partial charge in [0.15, 0.2) is 11.5 Å². The molecule has 4 N–H and O–H groups in total. The molecule has 2 aliphatic carbocycles. The molecule has 0 atom stereocenters. The largest absolute Gasteiger partial charge is 0.435 e. The monoisotopic (exact) mass is 501 g/mol. The number of amides is 1. The number of aromatic nitrogens is 2. The zero-order chi connectivity index (χ0) is 26.3. The molecule has 0 bridgehead atoms. The van der Waals surface area contributed by atoms with Gasteiger partial charge in [0, 0.05) is 24.2 Å². The lowest BCUT2D eigenvalue weighted by molar-refractivity contribution is -0.141. The molecule has 4 rings (SSSR count). The zero-order valence-electron chi connectivity index (χ0n) is 20.3. The van der Waals surface area contributed by atoms with Gasteiger partial charge in [-0.2, -0.15) is 18.3 Å². The van der Waals surface area contributed by atoms with Crippen LogP contribution in [-0.4, -0.2) is 40.1 Å². The summed E-state index contributed by atoms with van der Waals surface area (Å²) in [5, 5.41) is 10.5. The van der Waals surface area contributed by atoms with E-state index in [1.165, 1.54) is 16.8 Å². The molecule has 2 aliphatic rings. The molecule has 2 aromatic rings. The molecule has 0 radical (unpaired) electrons. The summed E-state index contributed by atoms with van der Waals surface area (Å²) in [7, 11) is 0. The van der Waals surface area contributed by atoms with Crippen LogP contribution in [-0.2, 0) is 12.6 Å². The number of fused-ring (bicyclic) bond motifs is 1. The van der Waals surface area contributed by atoms with Crippen LogP contribution in [0.3, 0.4) is 0 Å². The number of nitrogens with two attached hydrogens (primary N) is 1. The second kappa shape index (κ2) is 9.62. The van der Waals surface area contributed by atoms with Crippen molar-refractivity contribution < 1.29 is 22.8 Å². The first-order chi connectivity index (χ1) is 16.9. The lowest BCUT2D eigenvalue weighted by Crippen LogP contribution is -2.37. The molecule has 0 aliphatic heterocycles. The Labute approximate surface area is 208 Å². The van der Waals surface area contributed by atoms with Gasteiger partial charge in [0.25, 0.3) is 5.91 Å². The minimum atomic E-state index is -4.77. The van der Waals surface area contributed by atoms with Gasteiger partial charge in [-0.05, 0) is 55.7 Å². The van der Waals surface area contributed by atoms with Crippen LogP contribution >= 0.6 is 0 Å². The van der Waals surface area contributed by atoms with Crippen molar-refractivity contribution in [1.82, 2.24) is 15.1 Å². The van der Waals surface area contributed by atoms with Crippen molar-refractivity contribution in [3.63, 3.8) is 0 Å². The number of benzene rings is 1. The number of hydrogen-bond acceptors (Lipinski definition) is 5. The first kappa shape index (κ1) is 25.8. The van der Waals surface area contributed by atoms with Crippen LogP contribution in [0.4, 0.5) is 18.9 Å². The number of terminal acetylenes is 1. The number of rotatable bonds is 6. The fourth-order valence-corrected chi connectivity index (χ4v) is 5.22. The number of nitrogens with zero attached hydrogens (tertiary/aromatic N) is 2. The van der Waals surface area contributed by atoms with E-state index in [0.29, 0.717) is 24.0 Å². The minimum Gasteiger partial charge on any atom is -0.382 e. The van der Waals surface area contributed by atoms with Crippen LogP contribution in [0.5, 0.6) is 0 Å². The zero-order valence-corrected chi connectivity index (χ0v) is 20.3. The number of halogens is 3. The Kier molecular flexibility index (Phi) is 6.88. The second-order valence-corrected chi connectivity index (χ2v) is 10.4. The normalized spacial score (nSPS) is 21.5. The summed E-state index contributed by atoms with van der Waals surface area (Å²) in [5.41, 5.74) is 4.75. The fraction of sp³-hybridized carbons (Fsp3) is 0.500. The Morgan fingerprint density at radius 1 is 1.22 bits per heavy atom. The van der Waals surface area contributed by atoms with Gasteiger partial charge in [-0.1, -0.05) is 19.8 Å². The standard InChI is InChI=1S/C26H30F3N5O2/c1-4-11-31-15-5-7-16(8-6-15)32-19-12-17(9-10-18(19)24(30)36)34-20-13-25(2,3)14-21(35)22(20)23(33-34)26(27,28)29/h1,9-10,12,15-16,31-32H,5-8,11,13-14H2,2-3H3,(H2,30,36). The highest BCUT2D eigenvalue weighted by Crippen LogP contribution is 2.42. The van der Waals surface area contributed by atoms with Crippen molar-refractivity contribution in [3.8, 4) is 18.0 Å². The molecule has 0 saturated heterocycles. The van der Waals surface area contributed by atoms with Crippen LogP contribution in [0.2, 0.25) is 0 Å². The Morgan fingerprint density at radius 2 is 1.89 bits per heavy atom. The van der Waals surface area contributed by atoms with E-state index < -0.39 is 29.0 Å². The fourth-order valence-electron chi connectivity index (χ4n) is 5.22. The second-order valence-electron chi connectivity index (χ2n) is 10.4. The van der Waals surface area contributed by atoms with E-state index in [9.17, 15) is 22.8 Å². The molecule has 1 saturated carbocycles. The summed E-state index contributed by atoms with van der Waals surface area (Å²) in [6.45, 7) is 4.19. The summed E-state index contributed by atoms with van der Waals surface area (Å²) in [6.07, 6.45) is 4.25. The van der Waals surface area contributed by atoms with Gasteiger partial charge in [0.1, 0.15) is 0 Å². The lowest BCUT2D eigenvalue weighted by atomic mass is 9.75. The van der Waals surface area contributed by atoms with Gasteiger partial charge in [0.05, 0.1) is 29.1 Å². The van der Waals surface area contributed by atoms with Gasteiger partial charge >= 0.3 is 6.18 Å². The number of Topliss-reactive ketones (excluding diaryl/α,β-unsaturated/α-hetero) is 1. The maximum Gasteiger partial charge on any atom is 0.435 e. The highest BCUT2D eigenvalue weighted by Gasteiger charge is 2.45. The van der Waals surface area contributed by atoms with E-state index in [4.69, 9.17) is 12.2 Å². The molecule has 0 spiro atoms. The third-order valence-electron chi connectivity index (χ3n) is 6.91. The van der Waals surface area contributed by atoms with Crippen LogP contribution in [0.15, 0.2) is 18.2 Å². The summed E-state index contributed by atoms with van der Waals surface area (Å²) < 4.78 is 42.7. The van der Waals surface area contributed by atoms with Crippen molar-refractivity contribution in [2.24, 2.45) is 11.1 Å². The molecular formula is C26H30F3N5O2. The highest BCUT2D eigenvalue weighted by molar-refractivity contribution is 6.00. The quantitative estimate of drug-likeness (QED) is 0.518. The molecule has 1 fully saturated rings. The Bertz CT molecular complexity index is 1220. The van der Waals surface area contributed by atoms with E-state index in [2.05, 4.69) is 21.7 Å². The summed E-state index contributed by atoms with van der Waals surface area (Å²) >= 11 is 0. The van der Waals surface area contributed by atoms with Crippen molar-refractivity contribution >= 4 is 17.4 Å². The SMILES string of the molecule is C#CCNC1CCC(Nc2cc(-n3nc(C(F)(F)F)c4c3CC(C)(C)CC4=O)ccc2C(N)=O)CC1. The van der Waals surface area contributed by atoms with E-state index in [0.717, 1.165) is 25.7 Å². The minimum absolute atomic E-state index is 0.0149. The molecule has 36 heavy (non-hydrogen) atoms. The number of anilines is 1. The first-order valence-electron chi connectivity index (χ1n) is 12.0. The smallest absolute Gasteiger partial charge is 0.382 e. The van der Waals surface area contributed by atoms with Crippen molar-refractivity contribution in [1.29, 1.82) is 0 Å². The van der Waals surface area contributed by atoms with Gasteiger partial charge in [-0.15, -0.1) is 6.42 Å². The highest BCUT2D eigenvalue weighted by atomic mass is 19.4. The van der Waals surface area contributed by atoms with E-state index in [1.807, 2.05) is 13.8 Å². The Hall–Kier alpha value is -3.32. The van der Waals surface area contributed by atoms with E-state index in [-0.39, 0.29) is 35.7 Å². The van der Waals surface area contributed by atoms with Crippen molar-refractivity contribution in [2.75, 3.05) is 11.9 Å². The van der Waals surface area contributed by atoms with Crippen LogP contribution in [0.1, 0.15) is 78.1 Å². The maximum atomic E-state index is 13.8. The van der Waals surface area contributed by atoms with E-state index in [1.54, 1.807) is 6.07 Å². The lowest BCUT2D eigenvalue weighted by Gasteiger charge is -2.31. The van der Waals surface area contributed by atoms with Crippen LogP contribution < -0.4 is 16.4 Å². The van der Waals surface area contributed by atoms with Crippen molar-refractivity contribution in [2.45, 2.75) is 70.6 Å². The van der Waals surface area contributed by atoms with Gasteiger partial charge in [0.2, 0.25) is 0 Å². The molecule has 7 nitrogen and oxygen atoms in total. The number of primary amides is 1. The molecule has 1 aromatic carbocycles. The van der Waals surface area contributed by atoms with Gasteiger partial charge in [-0.3, -0.25) is 9.59 Å². The molecule has 10 heteroatoms. The topological polar surface area (TPSA) is 102 Å². The first-order valence-corrected chi connectivity index (χ1v) is 12.0. The summed E-state index contributed by atoms with van der Waals surface area (Å²) in [5.74, 6) is 1.35. The molecular weight excluding hydrogens is 471 g/mol. The summed E-state index contributed by atoms with van der Waals surface area (Å²) in [4.78, 5) is 24.9. The Balaban J connectivity index is 1.70. The third kappa shape index (κ3) is 5.26. The third-order valence-corrected chi connectivity index (χ3v) is 6.91. The number of carbonyl (C=O) groups excluding carboxylic acids is 2. The number of nitrogens with one attached hydrogen (secondary N) is 2. The van der Waals surface area contributed by atoms with Crippen LogP contribution in [0.25, 0.3) is 5.69 Å². The predicted molar refractivity (Wildman–Crippen MR) is 130 cm³/mol. The number of hydrogen-bond donors (Lipinski definition) is 3. The Morgan fingerprint density at radius 3 is 2.50 bits per heavy atom. The molecule has 1 amide bonds. The molecule has 1 heterocycles. The number of alkyl halides is 3. The number of carbonyl (C=O) groups is 2. The predicted octanol–water partition coefficient (Wildman–Crippen LogP) is 4.09. The van der Waals surface area contributed by atoms with Gasteiger partial charge in [-0.25, -0.2) is 4.68 Å². The molecule has 192 valence electrons. The van der Waals surface area contributed by atoms with Crippen LogP contribution in [0, 0.1) is 17.8 Å². The van der Waals surface area contributed by atoms with E-state index >= 15 is 0 Å². The maximum absolute atomic E-state index is 13.8. The number of ketones is 1. The average molecular weight is 502 g/mol. The molecule has 0 unspecified atom stereocenters. The molecule has 1 aromatic heterocycles. The van der Waals surface area contributed by atoms with Crippen molar-refractivity contribution in [3.05, 3.63) is 40.7 Å². The van der Waals surface area contributed by atoms with Gasteiger partial charge < -0.3 is 16.4 Å². The average Bonchev–Trinajstić information content (AvgIpc) is 3.17. The summed E-state index contributed by atoms with van der Waals surface area (Å²) in [6, 6.07) is 4.95.